The third-order valence-corrected chi connectivity index (χ3v) is 4.89. The van der Waals surface area contributed by atoms with E-state index >= 15 is 0 Å². The lowest BCUT2D eigenvalue weighted by Gasteiger charge is -2.16. The first-order valence-corrected chi connectivity index (χ1v) is 9.43. The standard InChI is InChI=1S/C22H22N4O2/c27-21-3-1-14-26(21)20-10-6-17(7-11-20)15-23-22(28)19-8-4-18(5-9-19)16-25-13-2-12-24-25/h2,4-13H,1,3,14-16H2,(H,23,28). The van der Waals surface area contributed by atoms with Crippen molar-refractivity contribution in [1.29, 1.82) is 0 Å². The molecular formula is C22H22N4O2. The molecule has 28 heavy (non-hydrogen) atoms. The van der Waals surface area contributed by atoms with E-state index in [4.69, 9.17) is 0 Å². The Bertz CT molecular complexity index is 947. The second-order valence-electron chi connectivity index (χ2n) is 6.90. The zero-order valence-corrected chi connectivity index (χ0v) is 15.5. The van der Waals surface area contributed by atoms with Crippen molar-refractivity contribution in [3.05, 3.63) is 83.7 Å². The Labute approximate surface area is 163 Å². The highest BCUT2D eigenvalue weighted by atomic mass is 16.2. The number of aromatic nitrogens is 2. The van der Waals surface area contributed by atoms with E-state index in [1.54, 1.807) is 6.20 Å². The van der Waals surface area contributed by atoms with E-state index in [2.05, 4.69) is 10.4 Å². The molecule has 0 unspecified atom stereocenters. The van der Waals surface area contributed by atoms with Gasteiger partial charge in [0.15, 0.2) is 0 Å². The van der Waals surface area contributed by atoms with Crippen molar-refractivity contribution in [2.24, 2.45) is 0 Å². The van der Waals surface area contributed by atoms with Gasteiger partial charge < -0.3 is 10.2 Å². The van der Waals surface area contributed by atoms with Crippen molar-refractivity contribution in [3.8, 4) is 0 Å². The van der Waals surface area contributed by atoms with Crippen LogP contribution in [0.1, 0.15) is 34.3 Å². The smallest absolute Gasteiger partial charge is 0.251 e. The van der Waals surface area contributed by atoms with Gasteiger partial charge in [-0.3, -0.25) is 14.3 Å². The maximum Gasteiger partial charge on any atom is 0.251 e. The van der Waals surface area contributed by atoms with Crippen LogP contribution in [0.2, 0.25) is 0 Å². The molecule has 1 N–H and O–H groups in total. The number of nitrogens with one attached hydrogen (secondary N) is 1. The van der Waals surface area contributed by atoms with E-state index in [-0.39, 0.29) is 11.8 Å². The van der Waals surface area contributed by atoms with Crippen molar-refractivity contribution in [3.63, 3.8) is 0 Å². The van der Waals surface area contributed by atoms with Crippen LogP contribution in [0.3, 0.4) is 0 Å². The molecule has 0 bridgehead atoms. The summed E-state index contributed by atoms with van der Waals surface area (Å²) in [6.45, 7) is 1.91. The SMILES string of the molecule is O=C(NCc1ccc(N2CCCC2=O)cc1)c1ccc(Cn2cccn2)cc1. The molecule has 3 aromatic rings. The molecule has 0 saturated carbocycles. The summed E-state index contributed by atoms with van der Waals surface area (Å²) in [7, 11) is 0. The van der Waals surface area contributed by atoms with Crippen molar-refractivity contribution in [2.75, 3.05) is 11.4 Å². The van der Waals surface area contributed by atoms with E-state index in [0.717, 1.165) is 29.8 Å². The number of anilines is 1. The van der Waals surface area contributed by atoms with E-state index in [1.165, 1.54) is 0 Å². The highest BCUT2D eigenvalue weighted by Gasteiger charge is 2.21. The Morgan fingerprint density at radius 3 is 2.43 bits per heavy atom. The molecule has 6 nitrogen and oxygen atoms in total. The quantitative estimate of drug-likeness (QED) is 0.721. The molecule has 142 valence electrons. The predicted octanol–water partition coefficient (Wildman–Crippen LogP) is 2.99. The van der Waals surface area contributed by atoms with Crippen molar-refractivity contribution < 1.29 is 9.59 Å². The second-order valence-corrected chi connectivity index (χ2v) is 6.90. The molecule has 1 aromatic heterocycles. The Morgan fingerprint density at radius 2 is 1.79 bits per heavy atom. The van der Waals surface area contributed by atoms with Crippen LogP contribution in [0.5, 0.6) is 0 Å². The normalized spacial score (nSPS) is 13.7. The number of carbonyl (C=O) groups excluding carboxylic acids is 2. The van der Waals surface area contributed by atoms with Crippen molar-refractivity contribution >= 4 is 17.5 Å². The fourth-order valence-electron chi connectivity index (χ4n) is 3.34. The highest BCUT2D eigenvalue weighted by molar-refractivity contribution is 5.95. The van der Waals surface area contributed by atoms with Gasteiger partial charge in [0.25, 0.3) is 5.91 Å². The maximum atomic E-state index is 12.4. The number of benzene rings is 2. The number of amides is 2. The van der Waals surface area contributed by atoms with E-state index in [1.807, 2.05) is 70.4 Å². The number of nitrogens with zero attached hydrogens (tertiary/aromatic N) is 3. The van der Waals surface area contributed by atoms with E-state index < -0.39 is 0 Å². The molecule has 0 atom stereocenters. The summed E-state index contributed by atoms with van der Waals surface area (Å²) in [6.07, 6.45) is 5.19. The van der Waals surface area contributed by atoms with Gasteiger partial charge in [-0.2, -0.15) is 5.10 Å². The van der Waals surface area contributed by atoms with Crippen LogP contribution in [0.4, 0.5) is 5.69 Å². The Kier molecular flexibility index (Phi) is 5.19. The number of carbonyl (C=O) groups is 2. The van der Waals surface area contributed by atoms with Crippen molar-refractivity contribution in [1.82, 2.24) is 15.1 Å². The summed E-state index contributed by atoms with van der Waals surface area (Å²) in [5.74, 6) is 0.0708. The number of hydrogen-bond acceptors (Lipinski definition) is 3. The highest BCUT2D eigenvalue weighted by Crippen LogP contribution is 2.21. The summed E-state index contributed by atoms with van der Waals surface area (Å²) >= 11 is 0. The van der Waals surface area contributed by atoms with Gasteiger partial charge in [0.1, 0.15) is 0 Å². The van der Waals surface area contributed by atoms with Gasteiger partial charge in [0.2, 0.25) is 5.91 Å². The largest absolute Gasteiger partial charge is 0.348 e. The third-order valence-electron chi connectivity index (χ3n) is 4.89. The van der Waals surface area contributed by atoms with Crippen LogP contribution in [0.15, 0.2) is 67.0 Å². The minimum atomic E-state index is -0.107. The molecule has 0 spiro atoms. The van der Waals surface area contributed by atoms with Crippen LogP contribution in [-0.4, -0.2) is 28.1 Å². The molecular weight excluding hydrogens is 352 g/mol. The number of rotatable bonds is 6. The van der Waals surface area contributed by atoms with Crippen LogP contribution in [0, 0.1) is 0 Å². The average Bonchev–Trinajstić information content (AvgIpc) is 3.39. The van der Waals surface area contributed by atoms with Crippen LogP contribution >= 0.6 is 0 Å². The molecule has 1 aliphatic heterocycles. The zero-order valence-electron chi connectivity index (χ0n) is 15.5. The maximum absolute atomic E-state index is 12.4. The fraction of sp³-hybridized carbons (Fsp3) is 0.227. The minimum Gasteiger partial charge on any atom is -0.348 e. The zero-order chi connectivity index (χ0) is 19.3. The number of hydrogen-bond donors (Lipinski definition) is 1. The molecule has 2 heterocycles. The Balaban J connectivity index is 1.32. The fourth-order valence-corrected chi connectivity index (χ4v) is 3.34. The van der Waals surface area contributed by atoms with Crippen LogP contribution < -0.4 is 10.2 Å². The molecule has 0 aliphatic carbocycles. The van der Waals surface area contributed by atoms with Gasteiger partial charge in [-0.1, -0.05) is 24.3 Å². The van der Waals surface area contributed by atoms with Gasteiger partial charge in [-0.25, -0.2) is 0 Å². The van der Waals surface area contributed by atoms with E-state index in [9.17, 15) is 9.59 Å². The molecule has 4 rings (SSSR count). The molecule has 1 aliphatic rings. The lowest BCUT2D eigenvalue weighted by Crippen LogP contribution is -2.24. The molecule has 2 aromatic carbocycles. The Morgan fingerprint density at radius 1 is 1.04 bits per heavy atom. The third kappa shape index (κ3) is 4.11. The summed E-state index contributed by atoms with van der Waals surface area (Å²) in [6, 6.07) is 17.2. The molecule has 1 saturated heterocycles. The van der Waals surface area contributed by atoms with Crippen molar-refractivity contribution in [2.45, 2.75) is 25.9 Å². The monoisotopic (exact) mass is 374 g/mol. The topological polar surface area (TPSA) is 67.2 Å². The van der Waals surface area contributed by atoms with E-state index in [0.29, 0.717) is 25.1 Å². The molecule has 1 fully saturated rings. The predicted molar refractivity (Wildman–Crippen MR) is 107 cm³/mol. The van der Waals surface area contributed by atoms with Gasteiger partial charge in [-0.15, -0.1) is 0 Å². The first-order chi connectivity index (χ1) is 13.7. The lowest BCUT2D eigenvalue weighted by molar-refractivity contribution is -0.117. The van der Waals surface area contributed by atoms with Crippen LogP contribution in [0.25, 0.3) is 0 Å². The first-order valence-electron chi connectivity index (χ1n) is 9.43. The van der Waals surface area contributed by atoms with Gasteiger partial charge in [0, 0.05) is 43.2 Å². The summed E-state index contributed by atoms with van der Waals surface area (Å²) in [5.41, 5.74) is 3.64. The summed E-state index contributed by atoms with van der Waals surface area (Å²) < 4.78 is 1.84. The van der Waals surface area contributed by atoms with Gasteiger partial charge in [-0.05, 0) is 47.9 Å². The molecule has 2 amide bonds. The Hall–Kier alpha value is -3.41. The lowest BCUT2D eigenvalue weighted by atomic mass is 10.1. The van der Waals surface area contributed by atoms with Gasteiger partial charge >= 0.3 is 0 Å². The summed E-state index contributed by atoms with van der Waals surface area (Å²) in [5, 5.41) is 7.12. The van der Waals surface area contributed by atoms with Gasteiger partial charge in [0.05, 0.1) is 6.54 Å². The first kappa shape index (κ1) is 18.0. The summed E-state index contributed by atoms with van der Waals surface area (Å²) in [4.78, 5) is 26.0. The molecule has 0 radical (unpaired) electrons. The average molecular weight is 374 g/mol. The second kappa shape index (κ2) is 8.08. The molecule has 6 heteroatoms. The minimum absolute atomic E-state index is 0.107. The van der Waals surface area contributed by atoms with Crippen LogP contribution in [-0.2, 0) is 17.9 Å².